The highest BCUT2D eigenvalue weighted by atomic mass is 32.2. The normalized spacial score (nSPS) is 14.2. The zero-order valence-electron chi connectivity index (χ0n) is 11.2. The molecule has 1 aliphatic heterocycles. The Balaban J connectivity index is 1.69. The number of aryl methyl sites for hydroxylation is 1. The lowest BCUT2D eigenvalue weighted by Gasteiger charge is -1.99. The SMILES string of the molecule is Cc1ccc(Sc2cn(CC3=CC(=O)NC3=O)nn2)cc1. The van der Waals surface area contributed by atoms with Gasteiger partial charge < -0.3 is 0 Å². The second-order valence-corrected chi connectivity index (χ2v) is 5.75. The molecule has 0 saturated heterocycles. The van der Waals surface area contributed by atoms with Crippen molar-refractivity contribution in [3.05, 3.63) is 47.7 Å². The lowest BCUT2D eigenvalue weighted by molar-refractivity contribution is -0.123. The summed E-state index contributed by atoms with van der Waals surface area (Å²) in [5.41, 5.74) is 1.59. The topological polar surface area (TPSA) is 76.9 Å². The molecule has 0 bridgehead atoms. The molecule has 2 heterocycles. The van der Waals surface area contributed by atoms with Crippen LogP contribution in [0.3, 0.4) is 0 Å². The number of benzene rings is 1. The molecule has 1 aromatic carbocycles. The van der Waals surface area contributed by atoms with E-state index < -0.39 is 0 Å². The predicted molar refractivity (Wildman–Crippen MR) is 76.6 cm³/mol. The Kier molecular flexibility index (Phi) is 3.57. The van der Waals surface area contributed by atoms with Gasteiger partial charge in [0.25, 0.3) is 11.8 Å². The summed E-state index contributed by atoms with van der Waals surface area (Å²) in [4.78, 5) is 23.6. The van der Waals surface area contributed by atoms with E-state index in [9.17, 15) is 9.59 Å². The molecule has 0 atom stereocenters. The fourth-order valence-corrected chi connectivity index (χ4v) is 2.64. The van der Waals surface area contributed by atoms with Gasteiger partial charge >= 0.3 is 0 Å². The van der Waals surface area contributed by atoms with Crippen molar-refractivity contribution < 1.29 is 9.59 Å². The van der Waals surface area contributed by atoms with Crippen LogP contribution in [0.25, 0.3) is 0 Å². The molecule has 1 N–H and O–H groups in total. The standard InChI is InChI=1S/C14H12N4O2S/c1-9-2-4-11(5-3-9)21-13-8-18(17-16-13)7-10-6-12(19)15-14(10)20/h2-6,8H,7H2,1H3,(H,15,19,20). The van der Waals surface area contributed by atoms with Gasteiger partial charge in [-0.05, 0) is 19.1 Å². The molecule has 0 unspecified atom stereocenters. The minimum atomic E-state index is -0.385. The van der Waals surface area contributed by atoms with Gasteiger partial charge in [0.2, 0.25) is 0 Å². The van der Waals surface area contributed by atoms with Gasteiger partial charge in [-0.2, -0.15) is 0 Å². The molecule has 7 heteroatoms. The molecular formula is C14H12N4O2S. The summed E-state index contributed by atoms with van der Waals surface area (Å²) >= 11 is 1.49. The molecule has 2 amide bonds. The maximum Gasteiger partial charge on any atom is 0.256 e. The van der Waals surface area contributed by atoms with Gasteiger partial charge in [0, 0.05) is 16.5 Å². The van der Waals surface area contributed by atoms with Crippen molar-refractivity contribution >= 4 is 23.6 Å². The zero-order chi connectivity index (χ0) is 14.8. The lowest BCUT2D eigenvalue weighted by Crippen LogP contribution is -2.23. The number of nitrogens with zero attached hydrogens (tertiary/aromatic N) is 3. The van der Waals surface area contributed by atoms with Crippen molar-refractivity contribution in [3.63, 3.8) is 0 Å². The Morgan fingerprint density at radius 1 is 1.24 bits per heavy atom. The number of aromatic nitrogens is 3. The lowest BCUT2D eigenvalue weighted by atomic mass is 10.2. The van der Waals surface area contributed by atoms with Crippen LogP contribution in [0.1, 0.15) is 5.56 Å². The first kappa shape index (κ1) is 13.6. The molecule has 21 heavy (non-hydrogen) atoms. The third-order valence-electron chi connectivity index (χ3n) is 2.93. The molecule has 0 radical (unpaired) electrons. The maximum atomic E-state index is 11.5. The first-order chi connectivity index (χ1) is 10.1. The number of carbonyl (C=O) groups is 2. The highest BCUT2D eigenvalue weighted by Crippen LogP contribution is 2.25. The van der Waals surface area contributed by atoms with Gasteiger partial charge in [-0.25, -0.2) is 4.68 Å². The Bertz CT molecular complexity index is 734. The fourth-order valence-electron chi connectivity index (χ4n) is 1.88. The molecular weight excluding hydrogens is 288 g/mol. The second kappa shape index (κ2) is 5.53. The Morgan fingerprint density at radius 2 is 2.00 bits per heavy atom. The second-order valence-electron chi connectivity index (χ2n) is 4.66. The number of imide groups is 1. The summed E-state index contributed by atoms with van der Waals surface area (Å²) in [6.45, 7) is 2.27. The van der Waals surface area contributed by atoms with Crippen LogP contribution in [0.5, 0.6) is 0 Å². The third kappa shape index (κ3) is 3.19. The zero-order valence-corrected chi connectivity index (χ0v) is 12.1. The van der Waals surface area contributed by atoms with Crippen LogP contribution < -0.4 is 5.32 Å². The van der Waals surface area contributed by atoms with E-state index in [2.05, 4.69) is 15.6 Å². The van der Waals surface area contributed by atoms with E-state index in [0.29, 0.717) is 5.57 Å². The van der Waals surface area contributed by atoms with Crippen LogP contribution in [0.15, 0.2) is 52.0 Å². The minimum absolute atomic E-state index is 0.235. The highest BCUT2D eigenvalue weighted by molar-refractivity contribution is 7.99. The van der Waals surface area contributed by atoms with Crippen molar-refractivity contribution in [1.82, 2.24) is 20.3 Å². The maximum absolute atomic E-state index is 11.5. The van der Waals surface area contributed by atoms with Crippen molar-refractivity contribution in [1.29, 1.82) is 0 Å². The van der Waals surface area contributed by atoms with Crippen molar-refractivity contribution in [3.8, 4) is 0 Å². The van der Waals surface area contributed by atoms with Gasteiger partial charge in [-0.3, -0.25) is 14.9 Å². The van der Waals surface area contributed by atoms with E-state index in [-0.39, 0.29) is 18.4 Å². The van der Waals surface area contributed by atoms with Crippen molar-refractivity contribution in [2.45, 2.75) is 23.4 Å². The molecule has 2 aromatic rings. The Hall–Kier alpha value is -2.41. The summed E-state index contributed by atoms with van der Waals surface area (Å²) in [6.07, 6.45) is 3.04. The van der Waals surface area contributed by atoms with Crippen LogP contribution in [0.4, 0.5) is 0 Å². The fraction of sp³-hybridized carbons (Fsp3) is 0.143. The average molecular weight is 300 g/mol. The van der Waals surface area contributed by atoms with Gasteiger partial charge in [0.1, 0.15) is 5.03 Å². The largest absolute Gasteiger partial charge is 0.289 e. The number of nitrogens with one attached hydrogen (secondary N) is 1. The van der Waals surface area contributed by atoms with Gasteiger partial charge in [-0.1, -0.05) is 34.7 Å². The molecule has 0 aliphatic carbocycles. The number of hydrogen-bond donors (Lipinski definition) is 1. The number of hydrogen-bond acceptors (Lipinski definition) is 5. The highest BCUT2D eigenvalue weighted by Gasteiger charge is 2.21. The number of amides is 2. The molecule has 106 valence electrons. The van der Waals surface area contributed by atoms with Crippen LogP contribution in [0.2, 0.25) is 0 Å². The van der Waals surface area contributed by atoms with Crippen LogP contribution >= 0.6 is 11.8 Å². The van der Waals surface area contributed by atoms with Gasteiger partial charge in [0.15, 0.2) is 0 Å². The molecule has 1 aliphatic rings. The predicted octanol–water partition coefficient (Wildman–Crippen LogP) is 1.32. The van der Waals surface area contributed by atoms with E-state index in [4.69, 9.17) is 0 Å². The van der Waals surface area contributed by atoms with Crippen LogP contribution in [-0.2, 0) is 16.1 Å². The number of carbonyl (C=O) groups excluding carboxylic acids is 2. The van der Waals surface area contributed by atoms with E-state index in [1.165, 1.54) is 23.4 Å². The minimum Gasteiger partial charge on any atom is -0.289 e. The average Bonchev–Trinajstić information content (AvgIpc) is 3.00. The summed E-state index contributed by atoms with van der Waals surface area (Å²) in [5, 5.41) is 11.0. The molecule has 1 aromatic heterocycles. The van der Waals surface area contributed by atoms with Crippen molar-refractivity contribution in [2.75, 3.05) is 0 Å². The monoisotopic (exact) mass is 300 g/mol. The summed E-state index contributed by atoms with van der Waals surface area (Å²) in [7, 11) is 0. The molecule has 6 nitrogen and oxygen atoms in total. The molecule has 3 rings (SSSR count). The van der Waals surface area contributed by atoms with Gasteiger partial charge in [0.05, 0.1) is 12.7 Å². The molecule has 0 fully saturated rings. The summed E-state index contributed by atoms with van der Waals surface area (Å²) in [6, 6.07) is 8.10. The van der Waals surface area contributed by atoms with Gasteiger partial charge in [-0.15, -0.1) is 5.10 Å². The van der Waals surface area contributed by atoms with Crippen LogP contribution in [-0.4, -0.2) is 26.8 Å². The Morgan fingerprint density at radius 3 is 2.67 bits per heavy atom. The summed E-state index contributed by atoms with van der Waals surface area (Å²) in [5.74, 6) is -0.757. The number of rotatable bonds is 4. The Labute approximate surface area is 125 Å². The first-order valence-electron chi connectivity index (χ1n) is 6.31. The molecule has 0 spiro atoms. The smallest absolute Gasteiger partial charge is 0.256 e. The first-order valence-corrected chi connectivity index (χ1v) is 7.12. The van der Waals surface area contributed by atoms with E-state index in [0.717, 1.165) is 9.92 Å². The third-order valence-corrected chi connectivity index (χ3v) is 3.83. The van der Waals surface area contributed by atoms with Crippen molar-refractivity contribution in [2.24, 2.45) is 0 Å². The van der Waals surface area contributed by atoms with E-state index in [1.54, 1.807) is 10.9 Å². The molecule has 0 saturated carbocycles. The summed E-state index contributed by atoms with van der Waals surface area (Å²) < 4.78 is 1.54. The van der Waals surface area contributed by atoms with E-state index >= 15 is 0 Å². The quantitative estimate of drug-likeness (QED) is 0.862. The van der Waals surface area contributed by atoms with E-state index in [1.807, 2.05) is 31.2 Å². The van der Waals surface area contributed by atoms with Crippen LogP contribution in [0, 0.1) is 6.92 Å².